The second-order valence-corrected chi connectivity index (χ2v) is 2.65. The summed E-state index contributed by atoms with van der Waals surface area (Å²) in [7, 11) is 0. The lowest BCUT2D eigenvalue weighted by atomic mass is 10.0. The highest BCUT2D eigenvalue weighted by molar-refractivity contribution is 5.28. The molecule has 0 fully saturated rings. The van der Waals surface area contributed by atoms with E-state index in [0.29, 0.717) is 0 Å². The third-order valence-electron chi connectivity index (χ3n) is 1.78. The van der Waals surface area contributed by atoms with Crippen molar-refractivity contribution >= 4 is 0 Å². The van der Waals surface area contributed by atoms with Gasteiger partial charge in [-0.3, -0.25) is 0 Å². The Labute approximate surface area is 74.4 Å². The summed E-state index contributed by atoms with van der Waals surface area (Å²) < 4.78 is 38.1. The molecule has 0 aliphatic rings. The topological polar surface area (TPSA) is 0 Å². The average molecular weight is 184 g/mol. The number of hydrogen-bond donors (Lipinski definition) is 0. The van der Waals surface area contributed by atoms with Gasteiger partial charge in [0.15, 0.2) is 17.5 Å². The number of halogens is 3. The van der Waals surface area contributed by atoms with Gasteiger partial charge in [-0.15, -0.1) is 6.42 Å². The average Bonchev–Trinajstić information content (AvgIpc) is 2.13. The molecule has 0 nitrogen and oxygen atoms in total. The van der Waals surface area contributed by atoms with Crippen LogP contribution in [0, 0.1) is 29.8 Å². The van der Waals surface area contributed by atoms with E-state index in [1.165, 1.54) is 6.92 Å². The lowest BCUT2D eigenvalue weighted by molar-refractivity contribution is 0.440. The molecule has 0 N–H and O–H groups in total. The highest BCUT2D eigenvalue weighted by Gasteiger charge is 2.15. The molecule has 1 aromatic carbocycles. The van der Waals surface area contributed by atoms with Crippen LogP contribution in [0.3, 0.4) is 0 Å². The molecule has 0 aromatic heterocycles. The van der Waals surface area contributed by atoms with Gasteiger partial charge < -0.3 is 0 Å². The van der Waals surface area contributed by atoms with Crippen molar-refractivity contribution in [2.45, 2.75) is 12.8 Å². The monoisotopic (exact) mass is 184 g/mol. The molecule has 1 rings (SSSR count). The van der Waals surface area contributed by atoms with E-state index in [1.807, 2.05) is 0 Å². The SMILES string of the molecule is C#CC(C)c1ccc(F)c(F)c1F. The molecule has 0 amide bonds. The molecule has 0 saturated heterocycles. The van der Waals surface area contributed by atoms with E-state index >= 15 is 0 Å². The number of hydrogen-bond acceptors (Lipinski definition) is 0. The fourth-order valence-electron chi connectivity index (χ4n) is 0.965. The van der Waals surface area contributed by atoms with Crippen molar-refractivity contribution < 1.29 is 13.2 Å². The molecule has 0 bridgehead atoms. The predicted molar refractivity (Wildman–Crippen MR) is 43.6 cm³/mol. The van der Waals surface area contributed by atoms with Crippen molar-refractivity contribution in [3.63, 3.8) is 0 Å². The maximum atomic E-state index is 13.0. The molecule has 0 radical (unpaired) electrons. The summed E-state index contributed by atoms with van der Waals surface area (Å²) in [4.78, 5) is 0. The van der Waals surface area contributed by atoms with Gasteiger partial charge in [0.25, 0.3) is 0 Å². The van der Waals surface area contributed by atoms with E-state index in [-0.39, 0.29) is 5.56 Å². The molecule has 1 aromatic rings. The lowest BCUT2D eigenvalue weighted by Crippen LogP contribution is -2.00. The molecule has 1 unspecified atom stereocenters. The van der Waals surface area contributed by atoms with E-state index < -0.39 is 23.4 Å². The second-order valence-electron chi connectivity index (χ2n) is 2.65. The zero-order valence-electron chi connectivity index (χ0n) is 6.94. The van der Waals surface area contributed by atoms with E-state index in [2.05, 4.69) is 5.92 Å². The largest absolute Gasteiger partial charge is 0.204 e. The van der Waals surface area contributed by atoms with Crippen molar-refractivity contribution in [2.75, 3.05) is 0 Å². The van der Waals surface area contributed by atoms with Crippen LogP contribution in [0.2, 0.25) is 0 Å². The zero-order valence-corrected chi connectivity index (χ0v) is 6.94. The Morgan fingerprint density at radius 2 is 1.85 bits per heavy atom. The minimum absolute atomic E-state index is 0.00130. The summed E-state index contributed by atoms with van der Waals surface area (Å²) in [5, 5.41) is 0. The van der Waals surface area contributed by atoms with Gasteiger partial charge >= 0.3 is 0 Å². The third kappa shape index (κ3) is 1.67. The Hall–Kier alpha value is -1.43. The fraction of sp³-hybridized carbons (Fsp3) is 0.200. The third-order valence-corrected chi connectivity index (χ3v) is 1.78. The molecular formula is C10H7F3. The summed E-state index contributed by atoms with van der Waals surface area (Å²) in [6.45, 7) is 1.54. The van der Waals surface area contributed by atoms with E-state index in [4.69, 9.17) is 6.42 Å². The first-order valence-electron chi connectivity index (χ1n) is 3.67. The smallest absolute Gasteiger partial charge is 0.194 e. The Balaban J connectivity index is 3.28. The summed E-state index contributed by atoms with van der Waals surface area (Å²) in [6.07, 6.45) is 5.03. The first-order chi connectivity index (χ1) is 6.07. The van der Waals surface area contributed by atoms with Crippen LogP contribution < -0.4 is 0 Å². The summed E-state index contributed by atoms with van der Waals surface area (Å²) in [6, 6.07) is 2.01. The van der Waals surface area contributed by atoms with Crippen LogP contribution in [0.25, 0.3) is 0 Å². The quantitative estimate of drug-likeness (QED) is 0.465. The van der Waals surface area contributed by atoms with Gasteiger partial charge in [0.05, 0.1) is 0 Å². The first-order valence-corrected chi connectivity index (χ1v) is 3.67. The van der Waals surface area contributed by atoms with Crippen molar-refractivity contribution in [3.8, 4) is 12.3 Å². The van der Waals surface area contributed by atoms with E-state index in [0.717, 1.165) is 12.1 Å². The molecule has 0 aliphatic carbocycles. The Morgan fingerprint density at radius 1 is 1.23 bits per heavy atom. The normalized spacial score (nSPS) is 12.2. The van der Waals surface area contributed by atoms with Crippen LogP contribution in [-0.4, -0.2) is 0 Å². The minimum Gasteiger partial charge on any atom is -0.204 e. The Bertz CT molecular complexity index is 363. The van der Waals surface area contributed by atoms with Gasteiger partial charge in [0.1, 0.15) is 0 Å². The number of terminal acetylenes is 1. The summed E-state index contributed by atoms with van der Waals surface area (Å²) >= 11 is 0. The highest BCUT2D eigenvalue weighted by atomic mass is 19.2. The van der Waals surface area contributed by atoms with E-state index in [9.17, 15) is 13.2 Å². The summed E-state index contributed by atoms with van der Waals surface area (Å²) in [5.41, 5.74) is 0.00130. The van der Waals surface area contributed by atoms with Crippen LogP contribution in [0.1, 0.15) is 18.4 Å². The summed E-state index contributed by atoms with van der Waals surface area (Å²) in [5.74, 6) is -2.20. The molecule has 0 spiro atoms. The van der Waals surface area contributed by atoms with Gasteiger partial charge in [0, 0.05) is 11.5 Å². The van der Waals surface area contributed by atoms with Crippen molar-refractivity contribution in [1.82, 2.24) is 0 Å². The maximum absolute atomic E-state index is 13.0. The van der Waals surface area contributed by atoms with E-state index in [1.54, 1.807) is 0 Å². The highest BCUT2D eigenvalue weighted by Crippen LogP contribution is 2.21. The van der Waals surface area contributed by atoms with Gasteiger partial charge in [-0.2, -0.15) is 0 Å². The molecule has 0 saturated carbocycles. The Kier molecular flexibility index (Phi) is 2.62. The van der Waals surface area contributed by atoms with Crippen LogP contribution in [0.5, 0.6) is 0 Å². The van der Waals surface area contributed by atoms with Crippen LogP contribution >= 0.6 is 0 Å². The van der Waals surface area contributed by atoms with Crippen LogP contribution in [0.4, 0.5) is 13.2 Å². The van der Waals surface area contributed by atoms with Gasteiger partial charge in [-0.25, -0.2) is 13.2 Å². The van der Waals surface area contributed by atoms with Crippen LogP contribution in [-0.2, 0) is 0 Å². The second kappa shape index (κ2) is 3.53. The molecule has 68 valence electrons. The number of rotatable bonds is 1. The Morgan fingerprint density at radius 3 is 2.38 bits per heavy atom. The van der Waals surface area contributed by atoms with Crippen molar-refractivity contribution in [1.29, 1.82) is 0 Å². The fourth-order valence-corrected chi connectivity index (χ4v) is 0.965. The van der Waals surface area contributed by atoms with Crippen LogP contribution in [0.15, 0.2) is 12.1 Å². The molecular weight excluding hydrogens is 177 g/mol. The maximum Gasteiger partial charge on any atom is 0.194 e. The van der Waals surface area contributed by atoms with Gasteiger partial charge in [-0.1, -0.05) is 12.0 Å². The zero-order chi connectivity index (χ0) is 10.0. The molecule has 1 atom stereocenters. The molecule has 0 aliphatic heterocycles. The standard InChI is InChI=1S/C10H7F3/c1-3-6(2)7-4-5-8(11)10(13)9(7)12/h1,4-6H,2H3. The van der Waals surface area contributed by atoms with Crippen molar-refractivity contribution in [2.24, 2.45) is 0 Å². The lowest BCUT2D eigenvalue weighted by Gasteiger charge is -2.06. The molecule has 3 heteroatoms. The molecule has 0 heterocycles. The van der Waals surface area contributed by atoms with Gasteiger partial charge in [-0.05, 0) is 13.0 Å². The predicted octanol–water partition coefficient (Wildman–Crippen LogP) is 2.84. The first kappa shape index (κ1) is 9.66. The van der Waals surface area contributed by atoms with Crippen molar-refractivity contribution in [3.05, 3.63) is 35.1 Å². The minimum atomic E-state index is -1.47. The number of benzene rings is 1. The van der Waals surface area contributed by atoms with Gasteiger partial charge in [0.2, 0.25) is 0 Å². The molecule has 13 heavy (non-hydrogen) atoms.